The van der Waals surface area contributed by atoms with Crippen molar-refractivity contribution in [2.75, 3.05) is 24.1 Å². The van der Waals surface area contributed by atoms with E-state index in [-0.39, 0.29) is 30.2 Å². The van der Waals surface area contributed by atoms with Crippen molar-refractivity contribution in [3.05, 3.63) is 171 Å². The van der Waals surface area contributed by atoms with E-state index in [9.17, 15) is 9.59 Å². The molecule has 2 amide bonds. The number of thiophene rings is 2. The minimum absolute atomic E-state index is 0.105. The van der Waals surface area contributed by atoms with Gasteiger partial charge in [-0.1, -0.05) is 86.1 Å². The molecule has 2 fully saturated rings. The highest BCUT2D eigenvalue weighted by Gasteiger charge is 2.37. The van der Waals surface area contributed by atoms with Crippen LogP contribution in [-0.2, 0) is 22.7 Å². The van der Waals surface area contributed by atoms with Crippen LogP contribution in [0.3, 0.4) is 0 Å². The number of thiazole rings is 2. The minimum atomic E-state index is -0.224. The Labute approximate surface area is 457 Å². The second kappa shape index (κ2) is 24.3. The number of likely N-dealkylation sites (tertiary alicyclic amines) is 2. The highest BCUT2D eigenvalue weighted by Crippen LogP contribution is 2.43. The predicted molar refractivity (Wildman–Crippen MR) is 310 cm³/mol. The SMILES string of the molecule is CCC1C(c2cc3c(Cl)ccnc3s2)CCCN1C(=O)OCc1ccccc1.CCC1C(c2cc3c(Nc4ccc5scnc5c4)ccnc3s2)CCCN1C(=O)OCc1ccccc1.Nc1ccc2scnc2c1. The number of nitrogens with two attached hydrogens (primary N) is 1. The molecule has 4 aromatic carbocycles. The molecule has 384 valence electrons. The van der Waals surface area contributed by atoms with Gasteiger partial charge in [-0.05, 0) is 110 Å². The Hall–Kier alpha value is -6.69. The molecule has 6 aromatic heterocycles. The Morgan fingerprint density at radius 2 is 1.16 bits per heavy atom. The smallest absolute Gasteiger partial charge is 0.410 e. The van der Waals surface area contributed by atoms with Gasteiger partial charge < -0.3 is 30.3 Å². The first-order valence-corrected chi connectivity index (χ1v) is 29.1. The Morgan fingerprint density at radius 1 is 0.640 bits per heavy atom. The zero-order chi connectivity index (χ0) is 51.7. The van der Waals surface area contributed by atoms with Gasteiger partial charge in [-0.15, -0.1) is 45.3 Å². The van der Waals surface area contributed by atoms with Crippen LogP contribution in [0.2, 0.25) is 5.02 Å². The Morgan fingerprint density at radius 3 is 1.72 bits per heavy atom. The molecule has 4 atom stereocenters. The van der Waals surface area contributed by atoms with Crippen molar-refractivity contribution in [3.8, 4) is 0 Å². The maximum atomic E-state index is 13.1. The standard InChI is InChI=1S/C29H28N4O2S2.C22H23ClN2O2S.C7H6N2S/c1-2-25-21(9-6-14-33(25)29(34)35-17-19-7-4-3-5-8-19)27-16-22-23(12-13-30-28(22)37-27)32-20-10-11-26-24(15-20)31-18-36-26;1-2-19-16(20-13-17-18(23)10-11-24-21(17)28-20)9-6-12-25(19)22(26)27-14-15-7-4-3-5-8-15;8-5-1-2-7-6(3-5)9-4-10-7/h3-5,7-8,10-13,15-16,18,21,25H,2,6,9,14,17H2,1H3,(H,30,32);3-5,7-8,10-11,13,16,19H,2,6,9,12,14H2,1H3;1-4H,8H2. The third-order valence-electron chi connectivity index (χ3n) is 13.8. The van der Waals surface area contributed by atoms with Crippen molar-refractivity contribution in [1.29, 1.82) is 0 Å². The van der Waals surface area contributed by atoms with Gasteiger partial charge >= 0.3 is 12.2 Å². The third kappa shape index (κ3) is 12.2. The Balaban J connectivity index is 0.000000148. The molecule has 3 N–H and O–H groups in total. The lowest BCUT2D eigenvalue weighted by molar-refractivity contribution is 0.0601. The van der Waals surface area contributed by atoms with Crippen LogP contribution in [0.25, 0.3) is 40.9 Å². The number of nitrogen functional groups attached to an aromatic ring is 1. The second-order valence-electron chi connectivity index (χ2n) is 18.5. The summed E-state index contributed by atoms with van der Waals surface area (Å²) in [5.41, 5.74) is 16.1. The van der Waals surface area contributed by atoms with E-state index in [0.29, 0.717) is 19.1 Å². The number of carbonyl (C=O) groups is 2. The first-order chi connectivity index (χ1) is 36.7. The maximum Gasteiger partial charge on any atom is 0.410 e. The zero-order valence-electron chi connectivity index (χ0n) is 41.6. The highest BCUT2D eigenvalue weighted by molar-refractivity contribution is 7.19. The molecular weight excluding hydrogens is 1040 g/mol. The summed E-state index contributed by atoms with van der Waals surface area (Å²) in [4.78, 5) is 52.0. The van der Waals surface area contributed by atoms with Gasteiger partial charge in [-0.2, -0.15) is 0 Å². The molecule has 12 rings (SSSR count). The normalized spacial score (nSPS) is 17.5. The number of nitrogens with zero attached hydrogens (tertiary/aromatic N) is 6. The van der Waals surface area contributed by atoms with Crippen molar-refractivity contribution in [3.63, 3.8) is 0 Å². The molecule has 0 bridgehead atoms. The van der Waals surface area contributed by atoms with Crippen LogP contribution in [0, 0.1) is 0 Å². The lowest BCUT2D eigenvalue weighted by Crippen LogP contribution is -2.47. The molecule has 0 aliphatic carbocycles. The number of carbonyl (C=O) groups excluding carboxylic acids is 2. The van der Waals surface area contributed by atoms with Crippen LogP contribution >= 0.6 is 56.9 Å². The van der Waals surface area contributed by atoms with Crippen LogP contribution < -0.4 is 11.1 Å². The van der Waals surface area contributed by atoms with Gasteiger partial charge in [-0.25, -0.2) is 29.5 Å². The third-order valence-corrected chi connectivity index (χ3v) is 18.1. The van der Waals surface area contributed by atoms with Crippen LogP contribution in [0.1, 0.15) is 85.1 Å². The van der Waals surface area contributed by atoms with Gasteiger partial charge in [0.05, 0.1) is 42.2 Å². The zero-order valence-corrected chi connectivity index (χ0v) is 45.7. The molecule has 0 spiro atoms. The largest absolute Gasteiger partial charge is 0.445 e. The number of aromatic nitrogens is 4. The summed E-state index contributed by atoms with van der Waals surface area (Å²) in [7, 11) is 0. The molecular formula is C58H57ClN8O4S4. The molecule has 4 unspecified atom stereocenters. The lowest BCUT2D eigenvalue weighted by Gasteiger charge is -2.40. The van der Waals surface area contributed by atoms with Crippen LogP contribution in [0.5, 0.6) is 0 Å². The number of pyridine rings is 2. The van der Waals surface area contributed by atoms with Gasteiger partial charge in [0, 0.05) is 81.3 Å². The molecule has 10 aromatic rings. The van der Waals surface area contributed by atoms with E-state index in [4.69, 9.17) is 26.8 Å². The average molecular weight is 1090 g/mol. The number of ether oxygens (including phenoxy) is 2. The summed E-state index contributed by atoms with van der Waals surface area (Å²) in [6.45, 7) is 6.38. The van der Waals surface area contributed by atoms with Gasteiger partial charge in [0.15, 0.2) is 0 Å². The van der Waals surface area contributed by atoms with Crippen LogP contribution in [0.15, 0.2) is 145 Å². The quantitative estimate of drug-likeness (QED) is 0.127. The number of rotatable bonds is 10. The number of hydrogen-bond acceptors (Lipinski definition) is 14. The van der Waals surface area contributed by atoms with Gasteiger partial charge in [0.1, 0.15) is 22.9 Å². The van der Waals surface area contributed by atoms with Gasteiger partial charge in [0.25, 0.3) is 0 Å². The number of fused-ring (bicyclic) bond motifs is 4. The number of anilines is 3. The molecule has 8 heterocycles. The van der Waals surface area contributed by atoms with Crippen molar-refractivity contribution in [1.82, 2.24) is 29.7 Å². The van der Waals surface area contributed by atoms with E-state index in [2.05, 4.69) is 69.4 Å². The number of benzene rings is 4. The van der Waals surface area contributed by atoms with E-state index in [1.165, 1.54) is 19.2 Å². The highest BCUT2D eigenvalue weighted by atomic mass is 35.5. The van der Waals surface area contributed by atoms with Crippen molar-refractivity contribution >= 4 is 127 Å². The first kappa shape index (κ1) is 51.8. The van der Waals surface area contributed by atoms with E-state index in [1.807, 2.05) is 118 Å². The monoisotopic (exact) mass is 1090 g/mol. The fraction of sp³-hybridized carbons (Fsp3) is 0.276. The maximum absolute atomic E-state index is 13.1. The van der Waals surface area contributed by atoms with E-state index in [0.717, 1.165) is 116 Å². The molecule has 2 saturated heterocycles. The lowest BCUT2D eigenvalue weighted by atomic mass is 9.86. The predicted octanol–water partition coefficient (Wildman–Crippen LogP) is 16.1. The molecule has 0 radical (unpaired) electrons. The molecule has 75 heavy (non-hydrogen) atoms. The molecule has 12 nitrogen and oxygen atoms in total. The molecule has 17 heteroatoms. The van der Waals surface area contributed by atoms with Crippen LogP contribution in [0.4, 0.5) is 26.7 Å². The topological polar surface area (TPSA) is 149 Å². The summed E-state index contributed by atoms with van der Waals surface area (Å²) in [6.07, 6.45) is 8.97. The summed E-state index contributed by atoms with van der Waals surface area (Å²) < 4.78 is 13.7. The first-order valence-electron chi connectivity index (χ1n) is 25.3. The van der Waals surface area contributed by atoms with Gasteiger partial charge in [0.2, 0.25) is 0 Å². The van der Waals surface area contributed by atoms with Crippen molar-refractivity contribution < 1.29 is 19.1 Å². The minimum Gasteiger partial charge on any atom is -0.445 e. The average Bonchev–Trinajstić information content (AvgIpc) is 4.30. The van der Waals surface area contributed by atoms with E-state index in [1.54, 1.807) is 51.5 Å². The number of amides is 2. The Kier molecular flexibility index (Phi) is 16.8. The molecule has 2 aliphatic rings. The Bertz CT molecular complexity index is 3510. The van der Waals surface area contributed by atoms with E-state index >= 15 is 0 Å². The van der Waals surface area contributed by atoms with Gasteiger partial charge in [-0.3, -0.25) is 0 Å². The summed E-state index contributed by atoms with van der Waals surface area (Å²) >= 11 is 13.0. The van der Waals surface area contributed by atoms with Crippen molar-refractivity contribution in [2.24, 2.45) is 0 Å². The number of piperidine rings is 2. The van der Waals surface area contributed by atoms with E-state index < -0.39 is 0 Å². The second-order valence-corrected chi connectivity index (χ2v) is 22.8. The van der Waals surface area contributed by atoms with Crippen molar-refractivity contribution in [2.45, 2.75) is 89.5 Å². The summed E-state index contributed by atoms with van der Waals surface area (Å²) in [5, 5.41) is 6.42. The molecule has 0 saturated carbocycles. The molecule has 2 aliphatic heterocycles. The number of hydrogen-bond donors (Lipinski definition) is 2. The van der Waals surface area contributed by atoms with Crippen LogP contribution in [-0.4, -0.2) is 67.1 Å². The summed E-state index contributed by atoms with van der Waals surface area (Å²) in [6, 6.07) is 40.2. The summed E-state index contributed by atoms with van der Waals surface area (Å²) in [5.74, 6) is 0.555. The number of halogens is 1. The number of nitrogens with one attached hydrogen (secondary N) is 1. The fourth-order valence-corrected chi connectivity index (χ4v) is 14.2. The fourth-order valence-electron chi connectivity index (χ4n) is 10.2.